The average Bonchev–Trinajstić information content (AvgIpc) is 2.12. The summed E-state index contributed by atoms with van der Waals surface area (Å²) in [5, 5.41) is 19.0. The summed E-state index contributed by atoms with van der Waals surface area (Å²) in [7, 11) is 0. The molecule has 4 radical (unpaired) electrons. The second-order valence-electron chi connectivity index (χ2n) is 2.61. The standard InChI is InChI=1S/C9H6O4.Ge/c10-6-3-1-5-2-4-7(11)13-9(5)8(6)12;/h1-4,10,12H;. The van der Waals surface area contributed by atoms with Gasteiger partial charge in [-0.05, 0) is 18.2 Å². The van der Waals surface area contributed by atoms with E-state index in [2.05, 4.69) is 0 Å². The smallest absolute Gasteiger partial charge is 0.336 e. The first-order valence-electron chi connectivity index (χ1n) is 3.63. The van der Waals surface area contributed by atoms with Crippen molar-refractivity contribution in [2.75, 3.05) is 0 Å². The van der Waals surface area contributed by atoms with Crippen LogP contribution in [0.25, 0.3) is 11.0 Å². The van der Waals surface area contributed by atoms with Crippen molar-refractivity contribution in [2.45, 2.75) is 0 Å². The predicted octanol–water partition coefficient (Wildman–Crippen LogP) is 0.823. The van der Waals surface area contributed by atoms with Crippen molar-refractivity contribution in [1.82, 2.24) is 0 Å². The van der Waals surface area contributed by atoms with Crippen LogP contribution in [0.2, 0.25) is 0 Å². The van der Waals surface area contributed by atoms with Gasteiger partial charge in [0.05, 0.1) is 0 Å². The molecule has 70 valence electrons. The molecule has 0 aliphatic rings. The largest absolute Gasteiger partial charge is 0.504 e. The Labute approximate surface area is 89.8 Å². The number of aromatic hydroxyl groups is 2. The van der Waals surface area contributed by atoms with Gasteiger partial charge in [0, 0.05) is 29.0 Å². The topological polar surface area (TPSA) is 70.7 Å². The molecule has 1 aromatic heterocycles. The summed E-state index contributed by atoms with van der Waals surface area (Å²) in [5.74, 6) is -0.711. The Kier molecular flexibility index (Phi) is 2.85. The van der Waals surface area contributed by atoms with Gasteiger partial charge in [-0.2, -0.15) is 0 Å². The third kappa shape index (κ3) is 1.60. The van der Waals surface area contributed by atoms with E-state index < -0.39 is 11.4 Å². The van der Waals surface area contributed by atoms with Gasteiger partial charge in [0.2, 0.25) is 5.75 Å². The van der Waals surface area contributed by atoms with Crippen molar-refractivity contribution in [3.8, 4) is 11.5 Å². The minimum Gasteiger partial charge on any atom is -0.504 e. The molecule has 1 aromatic carbocycles. The number of benzene rings is 1. The summed E-state index contributed by atoms with van der Waals surface area (Å²) < 4.78 is 4.71. The van der Waals surface area contributed by atoms with Crippen LogP contribution >= 0.6 is 0 Å². The normalized spacial score (nSPS) is 9.71. The Bertz CT molecular complexity index is 518. The van der Waals surface area contributed by atoms with Crippen LogP contribution in [0.3, 0.4) is 0 Å². The van der Waals surface area contributed by atoms with Crippen LogP contribution in [0.4, 0.5) is 0 Å². The Balaban J connectivity index is 0.000000980. The summed E-state index contributed by atoms with van der Waals surface area (Å²) >= 11 is 0. The molecule has 2 aromatic rings. The monoisotopic (exact) mass is 252 g/mol. The summed E-state index contributed by atoms with van der Waals surface area (Å²) in [4.78, 5) is 10.8. The second-order valence-corrected chi connectivity index (χ2v) is 2.61. The second kappa shape index (κ2) is 3.75. The number of phenols is 2. The van der Waals surface area contributed by atoms with Crippen molar-refractivity contribution in [2.24, 2.45) is 0 Å². The number of rotatable bonds is 0. The molecule has 0 fully saturated rings. The number of phenolic OH excluding ortho intramolecular Hbond substituents is 2. The van der Waals surface area contributed by atoms with E-state index in [1.54, 1.807) is 6.07 Å². The van der Waals surface area contributed by atoms with Gasteiger partial charge >= 0.3 is 5.63 Å². The summed E-state index contributed by atoms with van der Waals surface area (Å²) in [6, 6.07) is 5.64. The van der Waals surface area contributed by atoms with Crippen LogP contribution < -0.4 is 5.63 Å². The van der Waals surface area contributed by atoms with Gasteiger partial charge in [-0.25, -0.2) is 4.79 Å². The van der Waals surface area contributed by atoms with Crippen LogP contribution in [0.5, 0.6) is 11.5 Å². The molecule has 1 heterocycles. The zero-order chi connectivity index (χ0) is 9.42. The van der Waals surface area contributed by atoms with E-state index >= 15 is 0 Å². The van der Waals surface area contributed by atoms with Crippen molar-refractivity contribution >= 4 is 28.6 Å². The minimum atomic E-state index is -0.562. The van der Waals surface area contributed by atoms with Gasteiger partial charge in [0.1, 0.15) is 0 Å². The molecule has 0 atom stereocenters. The molecule has 14 heavy (non-hydrogen) atoms. The van der Waals surface area contributed by atoms with E-state index in [4.69, 9.17) is 9.52 Å². The number of fused-ring (bicyclic) bond motifs is 1. The molecule has 0 unspecified atom stereocenters. The van der Waals surface area contributed by atoms with Gasteiger partial charge in [-0.1, -0.05) is 0 Å². The van der Waals surface area contributed by atoms with E-state index in [-0.39, 0.29) is 28.9 Å². The molecule has 0 saturated carbocycles. The fourth-order valence-corrected chi connectivity index (χ4v) is 1.11. The molecular weight excluding hydrogens is 245 g/mol. The molecule has 0 aliphatic heterocycles. The van der Waals surface area contributed by atoms with Crippen LogP contribution in [-0.2, 0) is 0 Å². The Morgan fingerprint density at radius 2 is 1.71 bits per heavy atom. The molecule has 4 nitrogen and oxygen atoms in total. The molecule has 0 aliphatic carbocycles. The van der Waals surface area contributed by atoms with E-state index in [9.17, 15) is 9.90 Å². The van der Waals surface area contributed by atoms with Crippen molar-refractivity contribution < 1.29 is 14.6 Å². The van der Waals surface area contributed by atoms with E-state index in [0.717, 1.165) is 0 Å². The maximum atomic E-state index is 10.8. The molecular formula is C9H6GeO4. The average molecular weight is 251 g/mol. The van der Waals surface area contributed by atoms with Crippen molar-refractivity contribution in [3.05, 3.63) is 34.7 Å². The quantitative estimate of drug-likeness (QED) is 0.413. The molecule has 0 saturated heterocycles. The van der Waals surface area contributed by atoms with Gasteiger partial charge in [0.25, 0.3) is 0 Å². The first kappa shape index (κ1) is 10.7. The van der Waals surface area contributed by atoms with Crippen LogP contribution in [0, 0.1) is 0 Å². The Morgan fingerprint density at radius 1 is 1.07 bits per heavy atom. The third-order valence-electron chi connectivity index (χ3n) is 1.74. The van der Waals surface area contributed by atoms with E-state index in [0.29, 0.717) is 5.39 Å². The first-order valence-corrected chi connectivity index (χ1v) is 3.63. The van der Waals surface area contributed by atoms with Gasteiger partial charge in [0.15, 0.2) is 11.3 Å². The Hall–Kier alpha value is -1.43. The van der Waals surface area contributed by atoms with Crippen LogP contribution in [0.15, 0.2) is 33.5 Å². The van der Waals surface area contributed by atoms with E-state index in [1.807, 2.05) is 0 Å². The number of hydrogen-bond donors (Lipinski definition) is 2. The SMILES string of the molecule is O=c1ccc2ccc(O)c(O)c2o1.[Ge]. The molecule has 0 bridgehead atoms. The third-order valence-corrected chi connectivity index (χ3v) is 1.74. The van der Waals surface area contributed by atoms with Gasteiger partial charge < -0.3 is 14.6 Å². The summed E-state index contributed by atoms with van der Waals surface area (Å²) in [6.45, 7) is 0. The maximum Gasteiger partial charge on any atom is 0.336 e. The van der Waals surface area contributed by atoms with Crippen molar-refractivity contribution in [3.63, 3.8) is 0 Å². The fraction of sp³-hybridized carbons (Fsp3) is 0. The maximum absolute atomic E-state index is 10.8. The fourth-order valence-electron chi connectivity index (χ4n) is 1.11. The number of hydrogen-bond acceptors (Lipinski definition) is 4. The molecule has 0 amide bonds. The first-order chi connectivity index (χ1) is 6.18. The predicted molar refractivity (Wildman–Crippen MR) is 51.6 cm³/mol. The molecule has 0 spiro atoms. The van der Waals surface area contributed by atoms with E-state index in [1.165, 1.54) is 18.2 Å². The van der Waals surface area contributed by atoms with Gasteiger partial charge in [-0.3, -0.25) is 0 Å². The molecule has 2 rings (SSSR count). The minimum absolute atomic E-state index is 0. The zero-order valence-electron chi connectivity index (χ0n) is 7.02. The molecule has 5 heteroatoms. The molecule has 2 N–H and O–H groups in total. The van der Waals surface area contributed by atoms with Crippen molar-refractivity contribution in [1.29, 1.82) is 0 Å². The van der Waals surface area contributed by atoms with Crippen LogP contribution in [0.1, 0.15) is 0 Å². The summed E-state index contributed by atoms with van der Waals surface area (Å²) in [5.41, 5.74) is -0.555. The van der Waals surface area contributed by atoms with Crippen LogP contribution in [-0.4, -0.2) is 27.8 Å². The Morgan fingerprint density at radius 3 is 2.43 bits per heavy atom. The van der Waals surface area contributed by atoms with Gasteiger partial charge in [-0.15, -0.1) is 0 Å². The zero-order valence-corrected chi connectivity index (χ0v) is 9.12. The summed E-state index contributed by atoms with van der Waals surface area (Å²) in [6.07, 6.45) is 0.